The molecule has 0 amide bonds. The molecule has 2 rings (SSSR count). The molecule has 0 bridgehead atoms. The van der Waals surface area contributed by atoms with Gasteiger partial charge in [0.1, 0.15) is 23.7 Å². The molecular formula is C22H37NO4PSi+. The molecular weight excluding hydrogens is 401 g/mol. The van der Waals surface area contributed by atoms with Crippen LogP contribution in [0.4, 0.5) is 0 Å². The first-order valence-corrected chi connectivity index (χ1v) is 15.1. The summed E-state index contributed by atoms with van der Waals surface area (Å²) in [6.07, 6.45) is 4.00. The summed E-state index contributed by atoms with van der Waals surface area (Å²) in [7, 11) is 2.40. The van der Waals surface area contributed by atoms with Gasteiger partial charge in [0.05, 0.1) is 19.9 Å². The Hall–Kier alpha value is -1.36. The Morgan fingerprint density at radius 1 is 1.31 bits per heavy atom. The molecule has 1 aromatic carbocycles. The molecule has 0 aliphatic carbocycles. The van der Waals surface area contributed by atoms with Gasteiger partial charge in [-0.2, -0.15) is 0 Å². The molecule has 1 aromatic rings. The van der Waals surface area contributed by atoms with Crippen LogP contribution >= 0.6 is 9.24 Å². The Morgan fingerprint density at radius 2 is 2.03 bits per heavy atom. The van der Waals surface area contributed by atoms with Crippen LogP contribution in [0.15, 0.2) is 11.6 Å². The largest absolute Gasteiger partial charge is 0.496 e. The normalized spacial score (nSPS) is 14.1. The average molecular weight is 439 g/mol. The van der Waals surface area contributed by atoms with Crippen molar-refractivity contribution in [1.82, 2.24) is 5.32 Å². The number of nitrogens with one attached hydrogen (secondary N) is 1. The van der Waals surface area contributed by atoms with Gasteiger partial charge in [-0.15, -0.1) is 0 Å². The van der Waals surface area contributed by atoms with Gasteiger partial charge in [0.15, 0.2) is 0 Å². The van der Waals surface area contributed by atoms with Crippen LogP contribution in [-0.2, 0) is 17.8 Å². The number of ether oxygens (including phenoxy) is 3. The number of carbonyl (C=O) groups excluding carboxylic acids is 1. The Labute approximate surface area is 178 Å². The topological polar surface area (TPSA) is 56.8 Å². The van der Waals surface area contributed by atoms with Crippen molar-refractivity contribution in [2.75, 3.05) is 33.0 Å². The highest BCUT2D eigenvalue weighted by atomic mass is 31.0. The Balaban J connectivity index is 2.40. The number of esters is 1. The van der Waals surface area contributed by atoms with Crippen molar-refractivity contribution in [1.29, 1.82) is 0 Å². The molecule has 0 fully saturated rings. The number of hydrogen-bond donors (Lipinski definition) is 1. The zero-order valence-corrected chi connectivity index (χ0v) is 21.3. The first-order chi connectivity index (χ1) is 13.7. The van der Waals surface area contributed by atoms with E-state index in [2.05, 4.69) is 38.0 Å². The molecule has 5 nitrogen and oxygen atoms in total. The third-order valence-corrected chi connectivity index (χ3v) is 7.19. The molecule has 29 heavy (non-hydrogen) atoms. The van der Waals surface area contributed by atoms with E-state index in [4.69, 9.17) is 14.2 Å². The fourth-order valence-electron chi connectivity index (χ4n) is 3.39. The van der Waals surface area contributed by atoms with Crippen molar-refractivity contribution in [3.05, 3.63) is 33.9 Å². The highest BCUT2D eigenvalue weighted by Crippen LogP contribution is 2.43. The van der Waals surface area contributed by atoms with Crippen LogP contribution in [0.25, 0.3) is 0 Å². The van der Waals surface area contributed by atoms with Crippen LogP contribution in [0, 0.1) is 6.92 Å². The second-order valence-electron chi connectivity index (χ2n) is 8.84. The van der Waals surface area contributed by atoms with E-state index in [9.17, 15) is 4.79 Å². The van der Waals surface area contributed by atoms with Crippen LogP contribution in [0.3, 0.4) is 0 Å². The van der Waals surface area contributed by atoms with Gasteiger partial charge >= 0.3 is 5.97 Å². The smallest absolute Gasteiger partial charge is 0.342 e. The first-order valence-electron chi connectivity index (χ1n) is 10.4. The lowest BCUT2D eigenvalue weighted by Crippen LogP contribution is -2.23. The minimum atomic E-state index is -1.25. The molecule has 0 saturated heterocycles. The van der Waals surface area contributed by atoms with E-state index in [0.29, 0.717) is 24.3 Å². The molecule has 0 spiro atoms. The van der Waals surface area contributed by atoms with Crippen molar-refractivity contribution in [3.63, 3.8) is 0 Å². The first kappa shape index (κ1) is 23.9. The van der Waals surface area contributed by atoms with Crippen LogP contribution in [0.5, 0.6) is 11.5 Å². The summed E-state index contributed by atoms with van der Waals surface area (Å²) < 4.78 is 17.4. The van der Waals surface area contributed by atoms with Gasteiger partial charge in [-0.3, -0.25) is 0 Å². The third kappa shape index (κ3) is 6.31. The number of hydrogen-bond acceptors (Lipinski definition) is 5. The van der Waals surface area contributed by atoms with E-state index >= 15 is 0 Å². The lowest BCUT2D eigenvalue weighted by Gasteiger charge is -2.21. The number of cyclic esters (lactones) is 1. The van der Waals surface area contributed by atoms with E-state index in [0.717, 1.165) is 47.7 Å². The molecule has 0 saturated carbocycles. The summed E-state index contributed by atoms with van der Waals surface area (Å²) in [6.45, 7) is 13.9. The zero-order chi connectivity index (χ0) is 21.6. The Morgan fingerprint density at radius 3 is 2.66 bits per heavy atom. The number of fused-ring (bicyclic) bond motifs is 1. The second-order valence-corrected chi connectivity index (χ2v) is 15.2. The van der Waals surface area contributed by atoms with Gasteiger partial charge in [-0.1, -0.05) is 31.3 Å². The fraction of sp³-hybridized carbons (Fsp3) is 0.591. The van der Waals surface area contributed by atoms with E-state index in [1.807, 2.05) is 16.2 Å². The molecule has 0 aromatic heterocycles. The third-order valence-electron chi connectivity index (χ3n) is 5.14. The summed E-state index contributed by atoms with van der Waals surface area (Å²) in [5.74, 6) is 1.16. The maximum atomic E-state index is 12.5. The predicted octanol–water partition coefficient (Wildman–Crippen LogP) is 4.08. The standard InChI is InChI=1S/C22H36NO4PSi/c1-15(13-23-9-11-28)7-8-17-20(25-3)16(2)18-14-27-22(24)19(18)21(17)26-10-12-29(4,5)6/h7,23H,8-14,28H2,1-6H3/p+1. The van der Waals surface area contributed by atoms with Gasteiger partial charge in [0, 0.05) is 32.3 Å². The quantitative estimate of drug-likeness (QED) is 0.186. The minimum Gasteiger partial charge on any atom is -0.496 e. The van der Waals surface area contributed by atoms with Gasteiger partial charge in [-0.05, 0) is 41.1 Å². The average Bonchev–Trinajstić information content (AvgIpc) is 3.03. The maximum Gasteiger partial charge on any atom is 0.342 e. The number of methoxy groups -OCH3 is 1. The van der Waals surface area contributed by atoms with Crippen molar-refractivity contribution in [2.45, 2.75) is 52.6 Å². The minimum absolute atomic E-state index is 0.289. The van der Waals surface area contributed by atoms with E-state index in [1.165, 1.54) is 5.57 Å². The molecule has 1 aliphatic rings. The number of carbonyl (C=O) groups is 1. The SMILES string of the molecule is COc1c(C)c2c(c(OCC[Si](C)(C)C)c1CC=C(C)CNCC[PH3+])C(=O)OC2. The van der Waals surface area contributed by atoms with Crippen LogP contribution in [0.2, 0.25) is 25.7 Å². The molecule has 1 N–H and O–H groups in total. The zero-order valence-electron chi connectivity index (χ0n) is 18.9. The van der Waals surface area contributed by atoms with Gasteiger partial charge in [0.2, 0.25) is 0 Å². The van der Waals surface area contributed by atoms with Crippen LogP contribution in [0.1, 0.15) is 34.0 Å². The summed E-state index contributed by atoms with van der Waals surface area (Å²) in [4.78, 5) is 12.5. The fourth-order valence-corrected chi connectivity index (χ4v) is 4.35. The molecule has 0 radical (unpaired) electrons. The van der Waals surface area contributed by atoms with E-state index in [-0.39, 0.29) is 12.6 Å². The molecule has 7 heteroatoms. The summed E-state index contributed by atoms with van der Waals surface area (Å²) in [5.41, 5.74) is 4.65. The number of allylic oxidation sites excluding steroid dienone is 1. The summed E-state index contributed by atoms with van der Waals surface area (Å²) in [5, 5.41) is 3.43. The van der Waals surface area contributed by atoms with Crippen molar-refractivity contribution in [2.24, 2.45) is 0 Å². The van der Waals surface area contributed by atoms with Crippen LogP contribution < -0.4 is 14.8 Å². The highest BCUT2D eigenvalue weighted by Gasteiger charge is 2.33. The van der Waals surface area contributed by atoms with Gasteiger partial charge < -0.3 is 19.5 Å². The Bertz CT molecular complexity index is 771. The van der Waals surface area contributed by atoms with Crippen molar-refractivity contribution >= 4 is 23.3 Å². The summed E-state index contributed by atoms with van der Waals surface area (Å²) in [6, 6.07) is 1.03. The number of rotatable bonds is 11. The molecule has 1 atom stereocenters. The molecule has 1 aliphatic heterocycles. The lowest BCUT2D eigenvalue weighted by atomic mass is 9.95. The second kappa shape index (κ2) is 10.6. The monoisotopic (exact) mass is 438 g/mol. The van der Waals surface area contributed by atoms with Gasteiger partial charge in [-0.25, -0.2) is 4.79 Å². The Kier molecular flexibility index (Phi) is 8.74. The molecule has 162 valence electrons. The van der Waals surface area contributed by atoms with Crippen molar-refractivity contribution < 1.29 is 19.0 Å². The summed E-state index contributed by atoms with van der Waals surface area (Å²) >= 11 is 0. The van der Waals surface area contributed by atoms with E-state index < -0.39 is 8.07 Å². The highest BCUT2D eigenvalue weighted by molar-refractivity contribution is 7.16. The predicted molar refractivity (Wildman–Crippen MR) is 127 cm³/mol. The van der Waals surface area contributed by atoms with Gasteiger partial charge in [0.25, 0.3) is 0 Å². The molecule has 1 unspecified atom stereocenters. The lowest BCUT2D eigenvalue weighted by molar-refractivity contribution is 0.0532. The van der Waals surface area contributed by atoms with E-state index in [1.54, 1.807) is 7.11 Å². The van der Waals surface area contributed by atoms with Crippen molar-refractivity contribution in [3.8, 4) is 11.5 Å². The number of benzene rings is 1. The van der Waals surface area contributed by atoms with Crippen LogP contribution in [-0.4, -0.2) is 47.0 Å². The molecule has 1 heterocycles. The maximum absolute atomic E-state index is 12.5.